The first-order valence-corrected chi connectivity index (χ1v) is 12.8. The van der Waals surface area contributed by atoms with E-state index in [1.165, 1.54) is 6.07 Å². The molecule has 2 aromatic carbocycles. The number of carbonyl (C=O) groups is 1. The summed E-state index contributed by atoms with van der Waals surface area (Å²) in [5, 5.41) is 2.91. The quantitative estimate of drug-likeness (QED) is 0.611. The average Bonchev–Trinajstić information content (AvgIpc) is 3.19. The molecule has 0 unspecified atom stereocenters. The second kappa shape index (κ2) is 9.30. The van der Waals surface area contributed by atoms with E-state index in [-0.39, 0.29) is 10.8 Å². The van der Waals surface area contributed by atoms with Gasteiger partial charge in [-0.3, -0.25) is 9.52 Å². The van der Waals surface area contributed by atoms with E-state index in [0.717, 1.165) is 29.2 Å². The van der Waals surface area contributed by atoms with E-state index in [1.807, 2.05) is 31.4 Å². The van der Waals surface area contributed by atoms with Gasteiger partial charge in [-0.05, 0) is 49.6 Å². The van der Waals surface area contributed by atoms with E-state index >= 15 is 0 Å². The van der Waals surface area contributed by atoms with Gasteiger partial charge in [-0.25, -0.2) is 13.4 Å². The van der Waals surface area contributed by atoms with E-state index in [1.54, 1.807) is 46.7 Å². The van der Waals surface area contributed by atoms with Crippen molar-refractivity contribution in [2.45, 2.75) is 25.2 Å². The SMILES string of the molecule is Cc1ccccc1NS(=O)(=O)c1ccc(C)c(C(=O)N2CCCN(c3nccs3)CC2)c1. The summed E-state index contributed by atoms with van der Waals surface area (Å²) < 4.78 is 28.6. The smallest absolute Gasteiger partial charge is 0.261 e. The lowest BCUT2D eigenvalue weighted by molar-refractivity contribution is 0.0766. The number of amides is 1. The highest BCUT2D eigenvalue weighted by molar-refractivity contribution is 7.92. The molecule has 0 aliphatic carbocycles. The molecule has 1 amide bonds. The Morgan fingerprint density at radius 2 is 1.84 bits per heavy atom. The molecule has 1 saturated heterocycles. The first kappa shape index (κ1) is 22.3. The van der Waals surface area contributed by atoms with Crippen molar-refractivity contribution in [3.63, 3.8) is 0 Å². The summed E-state index contributed by atoms with van der Waals surface area (Å²) in [6.07, 6.45) is 2.62. The second-order valence-corrected chi connectivity index (χ2v) is 10.4. The summed E-state index contributed by atoms with van der Waals surface area (Å²) in [6, 6.07) is 11.9. The number of rotatable bonds is 5. The number of aromatic nitrogens is 1. The number of nitrogens with zero attached hydrogens (tertiary/aromatic N) is 3. The summed E-state index contributed by atoms with van der Waals surface area (Å²) in [5.41, 5.74) is 2.52. The van der Waals surface area contributed by atoms with Crippen molar-refractivity contribution in [2.24, 2.45) is 0 Å². The standard InChI is InChI=1S/C23H26N4O3S2/c1-17-8-9-19(32(29,30)25-21-7-4-3-6-18(21)2)16-20(17)22(28)26-11-5-12-27(14-13-26)23-24-10-15-31-23/h3-4,6-10,15-16,25H,5,11-14H2,1-2H3. The summed E-state index contributed by atoms with van der Waals surface area (Å²) in [4.78, 5) is 21.8. The Morgan fingerprint density at radius 1 is 1.03 bits per heavy atom. The maximum Gasteiger partial charge on any atom is 0.261 e. The van der Waals surface area contributed by atoms with E-state index in [4.69, 9.17) is 0 Å². The molecule has 4 rings (SSSR count). The first-order chi connectivity index (χ1) is 15.3. The number of anilines is 2. The van der Waals surface area contributed by atoms with Crippen molar-refractivity contribution < 1.29 is 13.2 Å². The summed E-state index contributed by atoms with van der Waals surface area (Å²) >= 11 is 1.59. The normalized spacial score (nSPS) is 14.8. The molecule has 32 heavy (non-hydrogen) atoms. The highest BCUT2D eigenvalue weighted by atomic mass is 32.2. The molecular formula is C23H26N4O3S2. The fourth-order valence-electron chi connectivity index (χ4n) is 3.74. The Bertz CT molecular complexity index is 1210. The number of hydrogen-bond acceptors (Lipinski definition) is 6. The molecule has 0 radical (unpaired) electrons. The van der Waals surface area contributed by atoms with Crippen molar-refractivity contribution in [1.82, 2.24) is 9.88 Å². The lowest BCUT2D eigenvalue weighted by Crippen LogP contribution is -2.35. The number of hydrogen-bond donors (Lipinski definition) is 1. The number of carbonyl (C=O) groups excluding carboxylic acids is 1. The lowest BCUT2D eigenvalue weighted by atomic mass is 10.1. The molecule has 3 aromatic rings. The molecule has 0 atom stereocenters. The van der Waals surface area contributed by atoms with Gasteiger partial charge >= 0.3 is 0 Å². The Morgan fingerprint density at radius 3 is 2.59 bits per heavy atom. The zero-order valence-corrected chi connectivity index (χ0v) is 19.7. The molecule has 168 valence electrons. The largest absolute Gasteiger partial charge is 0.346 e. The van der Waals surface area contributed by atoms with Gasteiger partial charge in [-0.1, -0.05) is 24.3 Å². The molecule has 1 aromatic heterocycles. The van der Waals surface area contributed by atoms with Gasteiger partial charge in [0.15, 0.2) is 5.13 Å². The van der Waals surface area contributed by atoms with Gasteiger partial charge in [-0.2, -0.15) is 0 Å². The van der Waals surface area contributed by atoms with Crippen LogP contribution in [-0.2, 0) is 10.0 Å². The maximum atomic E-state index is 13.3. The van der Waals surface area contributed by atoms with Crippen molar-refractivity contribution in [2.75, 3.05) is 35.8 Å². The van der Waals surface area contributed by atoms with Crippen LogP contribution in [0.2, 0.25) is 0 Å². The summed E-state index contributed by atoms with van der Waals surface area (Å²) in [5.74, 6) is -0.142. The Labute approximate surface area is 192 Å². The predicted molar refractivity (Wildman–Crippen MR) is 128 cm³/mol. The monoisotopic (exact) mass is 470 g/mol. The van der Waals surface area contributed by atoms with Crippen LogP contribution < -0.4 is 9.62 Å². The molecule has 1 fully saturated rings. The van der Waals surface area contributed by atoms with Gasteiger partial charge < -0.3 is 9.80 Å². The van der Waals surface area contributed by atoms with Crippen molar-refractivity contribution >= 4 is 38.1 Å². The van der Waals surface area contributed by atoms with Gasteiger partial charge in [0.05, 0.1) is 10.6 Å². The Kier molecular flexibility index (Phi) is 6.48. The molecule has 1 aliphatic rings. The van der Waals surface area contributed by atoms with Crippen molar-refractivity contribution in [3.8, 4) is 0 Å². The average molecular weight is 471 g/mol. The zero-order valence-electron chi connectivity index (χ0n) is 18.1. The summed E-state index contributed by atoms with van der Waals surface area (Å²) in [6.45, 7) is 6.40. The van der Waals surface area contributed by atoms with Crippen LogP contribution in [-0.4, -0.2) is 50.4 Å². The molecule has 7 nitrogen and oxygen atoms in total. The van der Waals surface area contributed by atoms with Crippen LogP contribution in [0.3, 0.4) is 0 Å². The van der Waals surface area contributed by atoms with E-state index in [9.17, 15) is 13.2 Å². The minimum atomic E-state index is -3.82. The van der Waals surface area contributed by atoms with E-state index < -0.39 is 10.0 Å². The molecule has 1 aliphatic heterocycles. The van der Waals surface area contributed by atoms with Gasteiger partial charge in [0.1, 0.15) is 0 Å². The molecular weight excluding hydrogens is 444 g/mol. The minimum absolute atomic E-state index is 0.0777. The van der Waals surface area contributed by atoms with Crippen LogP contribution in [0.25, 0.3) is 0 Å². The highest BCUT2D eigenvalue weighted by Crippen LogP contribution is 2.24. The second-order valence-electron chi connectivity index (χ2n) is 7.84. The third kappa shape index (κ3) is 4.78. The lowest BCUT2D eigenvalue weighted by Gasteiger charge is -2.23. The zero-order chi connectivity index (χ0) is 22.7. The highest BCUT2D eigenvalue weighted by Gasteiger charge is 2.24. The van der Waals surface area contributed by atoms with E-state index in [0.29, 0.717) is 30.9 Å². The fraction of sp³-hybridized carbons (Fsp3) is 0.304. The maximum absolute atomic E-state index is 13.3. The van der Waals surface area contributed by atoms with Crippen LogP contribution in [0.1, 0.15) is 27.9 Å². The van der Waals surface area contributed by atoms with Crippen LogP contribution in [0, 0.1) is 13.8 Å². The van der Waals surface area contributed by atoms with Crippen LogP contribution in [0.5, 0.6) is 0 Å². The molecule has 9 heteroatoms. The van der Waals surface area contributed by atoms with Gasteiger partial charge in [0, 0.05) is 43.3 Å². The van der Waals surface area contributed by atoms with Gasteiger partial charge in [0.2, 0.25) is 0 Å². The van der Waals surface area contributed by atoms with Gasteiger partial charge in [0.25, 0.3) is 15.9 Å². The Balaban J connectivity index is 1.54. The number of benzene rings is 2. The van der Waals surface area contributed by atoms with Crippen molar-refractivity contribution in [3.05, 3.63) is 70.7 Å². The minimum Gasteiger partial charge on any atom is -0.346 e. The molecule has 0 bridgehead atoms. The molecule has 1 N–H and O–H groups in total. The fourth-order valence-corrected chi connectivity index (χ4v) is 5.60. The number of sulfonamides is 1. The molecule has 2 heterocycles. The van der Waals surface area contributed by atoms with E-state index in [2.05, 4.69) is 14.6 Å². The Hall–Kier alpha value is -2.91. The number of thiazole rings is 1. The predicted octanol–water partition coefficient (Wildman–Crippen LogP) is 3.91. The number of aryl methyl sites for hydroxylation is 2. The third-order valence-corrected chi connectivity index (χ3v) is 7.81. The molecule has 0 spiro atoms. The summed E-state index contributed by atoms with van der Waals surface area (Å²) in [7, 11) is -3.82. The first-order valence-electron chi connectivity index (χ1n) is 10.5. The van der Waals surface area contributed by atoms with Crippen LogP contribution in [0.4, 0.5) is 10.8 Å². The third-order valence-electron chi connectivity index (χ3n) is 5.61. The number of nitrogens with one attached hydrogen (secondary N) is 1. The number of para-hydroxylation sites is 1. The van der Waals surface area contributed by atoms with Crippen molar-refractivity contribution in [1.29, 1.82) is 0 Å². The van der Waals surface area contributed by atoms with Crippen LogP contribution in [0.15, 0.2) is 58.9 Å². The van der Waals surface area contributed by atoms with Gasteiger partial charge in [-0.15, -0.1) is 11.3 Å². The molecule has 0 saturated carbocycles. The topological polar surface area (TPSA) is 82.6 Å². The van der Waals surface area contributed by atoms with Crippen LogP contribution >= 0.6 is 11.3 Å².